The molecule has 2 aromatic rings. The van der Waals surface area contributed by atoms with E-state index in [1.165, 1.54) is 0 Å². The predicted molar refractivity (Wildman–Crippen MR) is 168 cm³/mol. The molecule has 0 aliphatic heterocycles. The Morgan fingerprint density at radius 2 is 1.34 bits per heavy atom. The van der Waals surface area contributed by atoms with Crippen LogP contribution >= 0.6 is 0 Å². The molecule has 242 valence electrons. The third-order valence-corrected chi connectivity index (χ3v) is 6.89. The molecule has 4 unspecified atom stereocenters. The van der Waals surface area contributed by atoms with Gasteiger partial charge in [0.1, 0.15) is 18.1 Å². The number of carbonyl (C=O) groups is 4. The Kier molecular flexibility index (Phi) is 13.9. The number of nitrogens with zero attached hydrogens (tertiary/aromatic N) is 2. The molecule has 4 atom stereocenters. The van der Waals surface area contributed by atoms with Crippen LogP contribution in [-0.2, 0) is 25.6 Å². The van der Waals surface area contributed by atoms with Crippen molar-refractivity contribution in [3.8, 4) is 0 Å². The molecule has 0 saturated carbocycles. The van der Waals surface area contributed by atoms with Crippen molar-refractivity contribution in [1.29, 1.82) is 0 Å². The molecule has 1 heterocycles. The van der Waals surface area contributed by atoms with Gasteiger partial charge in [0.2, 0.25) is 17.7 Å². The van der Waals surface area contributed by atoms with Crippen molar-refractivity contribution < 1.29 is 24.3 Å². The van der Waals surface area contributed by atoms with Crippen LogP contribution in [0.4, 0.5) is 0 Å². The Bertz CT molecular complexity index is 1330. The van der Waals surface area contributed by atoms with Gasteiger partial charge < -0.3 is 54.7 Å². The average Bonchev–Trinajstić information content (AvgIpc) is 3.37. The van der Waals surface area contributed by atoms with Crippen molar-refractivity contribution in [2.24, 2.45) is 44.6 Å². The van der Waals surface area contributed by atoms with Crippen LogP contribution in [0, 0.1) is 5.92 Å². The highest BCUT2D eigenvalue weighted by molar-refractivity contribution is 5.95. The highest BCUT2D eigenvalue weighted by atomic mass is 16.4. The van der Waals surface area contributed by atoms with Gasteiger partial charge in [-0.3, -0.25) is 24.4 Å². The monoisotopic (exact) mass is 615 g/mol. The van der Waals surface area contributed by atoms with Gasteiger partial charge in [0.15, 0.2) is 11.9 Å². The molecular formula is C28H45N11O5. The minimum absolute atomic E-state index is 0.0405. The van der Waals surface area contributed by atoms with E-state index in [4.69, 9.17) is 28.7 Å². The molecule has 0 spiro atoms. The van der Waals surface area contributed by atoms with Crippen LogP contribution in [0.15, 0.2) is 40.4 Å². The highest BCUT2D eigenvalue weighted by Crippen LogP contribution is 2.19. The lowest BCUT2D eigenvalue weighted by atomic mass is 10.0. The van der Waals surface area contributed by atoms with Gasteiger partial charge in [0, 0.05) is 36.6 Å². The van der Waals surface area contributed by atoms with Crippen LogP contribution in [0.25, 0.3) is 10.9 Å². The molecule has 3 amide bonds. The molecule has 0 bridgehead atoms. The summed E-state index contributed by atoms with van der Waals surface area (Å²) in [6, 6.07) is 3.08. The number of para-hydroxylation sites is 1. The van der Waals surface area contributed by atoms with E-state index >= 15 is 0 Å². The zero-order valence-electron chi connectivity index (χ0n) is 25.1. The number of rotatable bonds is 18. The summed E-state index contributed by atoms with van der Waals surface area (Å²) in [5.41, 5.74) is 29.1. The Hall–Kier alpha value is -4.86. The SMILES string of the molecule is CC(C)C(N)C(=O)NC(Cc1c[nH]c2ccccc12)C(=O)NC(CCCN=C(N)N)C(=O)NC(CCCN=C(N)N)C(=O)O. The number of carboxylic acids is 1. The van der Waals surface area contributed by atoms with Crippen LogP contribution in [0.5, 0.6) is 0 Å². The molecule has 0 aliphatic carbocycles. The van der Waals surface area contributed by atoms with Crippen LogP contribution in [0.1, 0.15) is 45.1 Å². The summed E-state index contributed by atoms with van der Waals surface area (Å²) in [5.74, 6) is -3.63. The van der Waals surface area contributed by atoms with Crippen molar-refractivity contribution in [3.05, 3.63) is 36.0 Å². The fraction of sp³-hybridized carbons (Fsp3) is 0.500. The number of carboxylic acid groups (broad SMARTS) is 1. The molecular weight excluding hydrogens is 570 g/mol. The normalized spacial score (nSPS) is 13.7. The first-order valence-corrected chi connectivity index (χ1v) is 14.3. The summed E-state index contributed by atoms with van der Waals surface area (Å²) in [6.07, 6.45) is 2.53. The van der Waals surface area contributed by atoms with Gasteiger partial charge in [0.25, 0.3) is 0 Å². The number of carbonyl (C=O) groups excluding carboxylic acids is 3. The maximum Gasteiger partial charge on any atom is 0.326 e. The summed E-state index contributed by atoms with van der Waals surface area (Å²) in [5, 5.41) is 18.5. The fourth-order valence-corrected chi connectivity index (χ4v) is 4.38. The Morgan fingerprint density at radius 3 is 1.91 bits per heavy atom. The van der Waals surface area contributed by atoms with Crippen LogP contribution in [0.3, 0.4) is 0 Å². The highest BCUT2D eigenvalue weighted by Gasteiger charge is 2.31. The zero-order valence-corrected chi connectivity index (χ0v) is 25.1. The zero-order chi connectivity index (χ0) is 32.8. The van der Waals surface area contributed by atoms with Gasteiger partial charge in [-0.15, -0.1) is 0 Å². The average molecular weight is 616 g/mol. The number of aliphatic carboxylic acids is 1. The second-order valence-corrected chi connectivity index (χ2v) is 10.8. The second kappa shape index (κ2) is 17.3. The molecule has 0 fully saturated rings. The number of hydrogen-bond donors (Lipinski definition) is 10. The van der Waals surface area contributed by atoms with Crippen LogP contribution in [-0.4, -0.2) is 83.0 Å². The topological polar surface area (TPSA) is 295 Å². The van der Waals surface area contributed by atoms with E-state index in [2.05, 4.69) is 30.9 Å². The summed E-state index contributed by atoms with van der Waals surface area (Å²) in [7, 11) is 0. The second-order valence-electron chi connectivity index (χ2n) is 10.8. The smallest absolute Gasteiger partial charge is 0.326 e. The number of H-pyrrole nitrogens is 1. The molecule has 1 aromatic carbocycles. The van der Waals surface area contributed by atoms with E-state index in [0.717, 1.165) is 16.5 Å². The first kappa shape index (κ1) is 35.3. The van der Waals surface area contributed by atoms with Gasteiger partial charge in [-0.25, -0.2) is 4.79 Å². The van der Waals surface area contributed by atoms with E-state index in [-0.39, 0.29) is 63.0 Å². The third kappa shape index (κ3) is 11.4. The minimum Gasteiger partial charge on any atom is -0.480 e. The largest absolute Gasteiger partial charge is 0.480 e. The van der Waals surface area contributed by atoms with Gasteiger partial charge in [0.05, 0.1) is 6.04 Å². The summed E-state index contributed by atoms with van der Waals surface area (Å²) >= 11 is 0. The number of guanidine groups is 2. The number of benzene rings is 1. The molecule has 0 radical (unpaired) electrons. The molecule has 44 heavy (non-hydrogen) atoms. The number of fused-ring (bicyclic) bond motifs is 1. The molecule has 16 heteroatoms. The van der Waals surface area contributed by atoms with Crippen molar-refractivity contribution in [1.82, 2.24) is 20.9 Å². The lowest BCUT2D eigenvalue weighted by Gasteiger charge is -2.26. The van der Waals surface area contributed by atoms with Crippen molar-refractivity contribution in [2.75, 3.05) is 13.1 Å². The molecule has 0 aliphatic rings. The number of aromatic amines is 1. The van der Waals surface area contributed by atoms with E-state index in [1.54, 1.807) is 20.0 Å². The van der Waals surface area contributed by atoms with E-state index in [1.807, 2.05) is 24.3 Å². The van der Waals surface area contributed by atoms with E-state index < -0.39 is 47.9 Å². The number of hydrogen-bond acceptors (Lipinski definition) is 7. The Balaban J connectivity index is 2.29. The Morgan fingerprint density at radius 1 is 0.818 bits per heavy atom. The van der Waals surface area contributed by atoms with Crippen molar-refractivity contribution >= 4 is 46.5 Å². The first-order valence-electron chi connectivity index (χ1n) is 14.3. The molecule has 15 N–H and O–H groups in total. The number of aliphatic imine (C=N–C) groups is 2. The quantitative estimate of drug-likeness (QED) is 0.0517. The first-order chi connectivity index (χ1) is 20.8. The van der Waals surface area contributed by atoms with Crippen LogP contribution in [0.2, 0.25) is 0 Å². The summed E-state index contributed by atoms with van der Waals surface area (Å²) < 4.78 is 0. The number of nitrogens with one attached hydrogen (secondary N) is 4. The van der Waals surface area contributed by atoms with Gasteiger partial charge >= 0.3 is 5.97 Å². The van der Waals surface area contributed by atoms with E-state index in [9.17, 15) is 24.3 Å². The van der Waals surface area contributed by atoms with Gasteiger partial charge in [-0.1, -0.05) is 32.0 Å². The third-order valence-electron chi connectivity index (χ3n) is 6.89. The standard InChI is InChI=1S/C28H45N11O5/c1-15(2)22(29)25(42)39-21(13-16-14-36-18-8-4-3-7-17(16)18)24(41)37-19(9-5-11-34-27(30)31)23(40)38-20(26(43)44)10-6-12-35-28(32)33/h3-4,7-8,14-15,19-22,36H,5-6,9-13,29H2,1-2H3,(H,37,41)(H,38,40)(H,39,42)(H,43,44)(H4,30,31,34)(H4,32,33,35). The van der Waals surface area contributed by atoms with Crippen molar-refractivity contribution in [3.63, 3.8) is 0 Å². The van der Waals surface area contributed by atoms with E-state index in [0.29, 0.717) is 0 Å². The fourth-order valence-electron chi connectivity index (χ4n) is 4.38. The Labute approximate surface area is 255 Å². The molecule has 2 rings (SSSR count). The van der Waals surface area contributed by atoms with Crippen molar-refractivity contribution in [2.45, 2.75) is 70.1 Å². The lowest BCUT2D eigenvalue weighted by Crippen LogP contribution is -2.58. The number of aromatic nitrogens is 1. The molecule has 1 aromatic heterocycles. The molecule has 0 saturated heterocycles. The number of amides is 3. The van der Waals surface area contributed by atoms with Gasteiger partial charge in [-0.05, 0) is 43.2 Å². The molecule has 16 nitrogen and oxygen atoms in total. The van der Waals surface area contributed by atoms with Gasteiger partial charge in [-0.2, -0.15) is 0 Å². The predicted octanol–water partition coefficient (Wildman–Crippen LogP) is -1.66. The maximum absolute atomic E-state index is 13.7. The number of nitrogens with two attached hydrogens (primary N) is 5. The lowest BCUT2D eigenvalue weighted by molar-refractivity contribution is -0.142. The summed E-state index contributed by atoms with van der Waals surface area (Å²) in [4.78, 5) is 62.7. The maximum atomic E-state index is 13.7. The summed E-state index contributed by atoms with van der Waals surface area (Å²) in [6.45, 7) is 3.91. The minimum atomic E-state index is -1.26. The van der Waals surface area contributed by atoms with Crippen LogP contribution < -0.4 is 44.6 Å².